The van der Waals surface area contributed by atoms with Gasteiger partial charge in [0, 0.05) is 45.2 Å². The Hall–Kier alpha value is -1.77. The number of aryl methyl sites for hydroxylation is 1. The average Bonchev–Trinajstić information content (AvgIpc) is 3.26. The minimum Gasteiger partial charge on any atom is -0.375 e. The van der Waals surface area contributed by atoms with E-state index >= 15 is 0 Å². The maximum Gasteiger partial charge on any atom is 0.248 e. The van der Waals surface area contributed by atoms with E-state index in [4.69, 9.17) is 9.26 Å². The van der Waals surface area contributed by atoms with Crippen LogP contribution in [0.3, 0.4) is 0 Å². The molecular weight excluding hydrogens is 340 g/mol. The van der Waals surface area contributed by atoms with Crippen LogP contribution < -0.4 is 0 Å². The Morgan fingerprint density at radius 2 is 2.32 bits per heavy atom. The molecule has 1 amide bonds. The maximum absolute atomic E-state index is 12.3. The van der Waals surface area contributed by atoms with Gasteiger partial charge in [-0.2, -0.15) is 16.3 Å². The number of thiophene rings is 1. The standard InChI is InChI=1S/C17H22N4O3S/c1-12-18-16(24-19-12)14-6-21(15(22)7-23-2)11-17(14)9-20(10-17)5-13-3-4-25-8-13/h3-4,8,14H,5-7,9-11H2,1-2H3. The van der Waals surface area contributed by atoms with Crippen LogP contribution in [0.1, 0.15) is 23.2 Å². The van der Waals surface area contributed by atoms with E-state index in [-0.39, 0.29) is 23.8 Å². The summed E-state index contributed by atoms with van der Waals surface area (Å²) < 4.78 is 10.5. The van der Waals surface area contributed by atoms with Gasteiger partial charge in [0.25, 0.3) is 0 Å². The average molecular weight is 362 g/mol. The van der Waals surface area contributed by atoms with Crippen molar-refractivity contribution in [2.45, 2.75) is 19.4 Å². The van der Waals surface area contributed by atoms with Gasteiger partial charge in [0.2, 0.25) is 11.8 Å². The molecule has 1 atom stereocenters. The van der Waals surface area contributed by atoms with E-state index in [0.717, 1.165) is 26.2 Å². The molecular formula is C17H22N4O3S. The lowest BCUT2D eigenvalue weighted by molar-refractivity contribution is -0.135. The Kier molecular flexibility index (Phi) is 4.35. The zero-order chi connectivity index (χ0) is 17.4. The van der Waals surface area contributed by atoms with Gasteiger partial charge in [-0.3, -0.25) is 9.69 Å². The van der Waals surface area contributed by atoms with Crippen LogP contribution in [0.4, 0.5) is 0 Å². The van der Waals surface area contributed by atoms with Crippen molar-refractivity contribution in [3.8, 4) is 0 Å². The molecule has 1 spiro atoms. The normalized spacial score (nSPS) is 22.5. The first-order valence-electron chi connectivity index (χ1n) is 8.40. The molecule has 0 bridgehead atoms. The van der Waals surface area contributed by atoms with Gasteiger partial charge >= 0.3 is 0 Å². The van der Waals surface area contributed by atoms with Crippen molar-refractivity contribution < 1.29 is 14.1 Å². The van der Waals surface area contributed by atoms with Crippen molar-refractivity contribution in [2.24, 2.45) is 5.41 Å². The second kappa shape index (κ2) is 6.51. The Labute approximate surface area is 150 Å². The largest absolute Gasteiger partial charge is 0.375 e. The number of methoxy groups -OCH3 is 1. The molecule has 2 aliphatic rings. The smallest absolute Gasteiger partial charge is 0.248 e. The number of hydrogen-bond donors (Lipinski definition) is 0. The number of hydrogen-bond acceptors (Lipinski definition) is 7. The first-order valence-corrected chi connectivity index (χ1v) is 9.34. The van der Waals surface area contributed by atoms with Gasteiger partial charge in [0.05, 0.1) is 5.92 Å². The Morgan fingerprint density at radius 3 is 2.96 bits per heavy atom. The summed E-state index contributed by atoms with van der Waals surface area (Å²) in [6, 6.07) is 2.16. The third kappa shape index (κ3) is 3.09. The van der Waals surface area contributed by atoms with Gasteiger partial charge in [-0.15, -0.1) is 0 Å². The van der Waals surface area contributed by atoms with Gasteiger partial charge in [-0.25, -0.2) is 0 Å². The molecule has 0 aromatic carbocycles. The topological polar surface area (TPSA) is 71.7 Å². The zero-order valence-corrected chi connectivity index (χ0v) is 15.3. The van der Waals surface area contributed by atoms with Crippen LogP contribution in [-0.2, 0) is 16.1 Å². The summed E-state index contributed by atoms with van der Waals surface area (Å²) in [5, 5.41) is 8.24. The second-order valence-corrected chi connectivity index (χ2v) is 7.86. The van der Waals surface area contributed by atoms with Crippen LogP contribution >= 0.6 is 11.3 Å². The van der Waals surface area contributed by atoms with E-state index in [9.17, 15) is 4.79 Å². The minimum absolute atomic E-state index is 0.00159. The Morgan fingerprint density at radius 1 is 1.48 bits per heavy atom. The van der Waals surface area contributed by atoms with E-state index in [1.54, 1.807) is 18.4 Å². The summed E-state index contributed by atoms with van der Waals surface area (Å²) in [6.45, 7) is 6.11. The molecule has 2 aliphatic heterocycles. The fourth-order valence-corrected chi connectivity index (χ4v) is 4.75. The molecule has 2 fully saturated rings. The second-order valence-electron chi connectivity index (χ2n) is 7.08. The maximum atomic E-state index is 12.3. The molecule has 4 rings (SSSR count). The Bertz CT molecular complexity index is 739. The molecule has 1 unspecified atom stereocenters. The SMILES string of the molecule is COCC(=O)N1CC(c2nc(C)no2)C2(CN(Cc3ccsc3)C2)C1. The molecule has 7 nitrogen and oxygen atoms in total. The lowest BCUT2D eigenvalue weighted by atomic mass is 9.71. The lowest BCUT2D eigenvalue weighted by Crippen LogP contribution is -2.59. The minimum atomic E-state index is -0.00159. The van der Waals surface area contributed by atoms with Crippen molar-refractivity contribution in [3.63, 3.8) is 0 Å². The van der Waals surface area contributed by atoms with Gasteiger partial charge < -0.3 is 14.2 Å². The van der Waals surface area contributed by atoms with E-state index < -0.39 is 0 Å². The molecule has 4 heterocycles. The van der Waals surface area contributed by atoms with Crippen molar-refractivity contribution in [1.82, 2.24) is 19.9 Å². The molecule has 0 radical (unpaired) electrons. The van der Waals surface area contributed by atoms with E-state index in [2.05, 4.69) is 31.9 Å². The predicted octanol–water partition coefficient (Wildman–Crippen LogP) is 1.51. The molecule has 25 heavy (non-hydrogen) atoms. The summed E-state index contributed by atoms with van der Waals surface area (Å²) in [5.41, 5.74) is 1.34. The number of ether oxygens (including phenoxy) is 1. The van der Waals surface area contributed by atoms with Gasteiger partial charge in [-0.1, -0.05) is 5.16 Å². The summed E-state index contributed by atoms with van der Waals surface area (Å²) in [4.78, 5) is 21.1. The lowest BCUT2D eigenvalue weighted by Gasteiger charge is -2.50. The van der Waals surface area contributed by atoms with Crippen molar-refractivity contribution in [1.29, 1.82) is 0 Å². The molecule has 8 heteroatoms. The van der Waals surface area contributed by atoms with Crippen LogP contribution in [0.15, 0.2) is 21.3 Å². The third-order valence-electron chi connectivity index (χ3n) is 5.17. The first-order chi connectivity index (χ1) is 12.1. The van der Waals surface area contributed by atoms with Crippen LogP contribution in [0.5, 0.6) is 0 Å². The number of rotatable bonds is 5. The predicted molar refractivity (Wildman–Crippen MR) is 92.3 cm³/mol. The number of carbonyl (C=O) groups excluding carboxylic acids is 1. The van der Waals surface area contributed by atoms with Gasteiger partial charge in [-0.05, 0) is 29.3 Å². The fraction of sp³-hybridized carbons (Fsp3) is 0.588. The summed E-state index contributed by atoms with van der Waals surface area (Å²) >= 11 is 1.72. The highest BCUT2D eigenvalue weighted by Crippen LogP contribution is 2.49. The summed E-state index contributed by atoms with van der Waals surface area (Å²) in [6.07, 6.45) is 0. The number of amides is 1. The van der Waals surface area contributed by atoms with Gasteiger partial charge in [0.1, 0.15) is 6.61 Å². The Balaban J connectivity index is 1.50. The number of carbonyl (C=O) groups is 1. The van der Waals surface area contributed by atoms with Crippen molar-refractivity contribution >= 4 is 17.2 Å². The zero-order valence-electron chi connectivity index (χ0n) is 14.5. The highest BCUT2D eigenvalue weighted by Gasteiger charge is 2.57. The monoisotopic (exact) mass is 362 g/mol. The van der Waals surface area contributed by atoms with Crippen LogP contribution in [0, 0.1) is 12.3 Å². The van der Waals surface area contributed by atoms with Crippen molar-refractivity contribution in [3.05, 3.63) is 34.1 Å². The van der Waals surface area contributed by atoms with Crippen LogP contribution in [0.25, 0.3) is 0 Å². The third-order valence-corrected chi connectivity index (χ3v) is 5.91. The van der Waals surface area contributed by atoms with Gasteiger partial charge in [0.15, 0.2) is 5.82 Å². The molecule has 0 N–H and O–H groups in total. The molecule has 0 saturated carbocycles. The number of aromatic nitrogens is 2. The van der Waals surface area contributed by atoms with E-state index in [1.165, 1.54) is 5.56 Å². The fourth-order valence-electron chi connectivity index (χ4n) is 4.09. The highest BCUT2D eigenvalue weighted by molar-refractivity contribution is 7.07. The molecule has 2 aromatic rings. The molecule has 2 aromatic heterocycles. The summed E-state index contributed by atoms with van der Waals surface area (Å²) in [5.74, 6) is 1.41. The number of likely N-dealkylation sites (tertiary alicyclic amines) is 2. The highest BCUT2D eigenvalue weighted by atomic mass is 32.1. The quantitative estimate of drug-likeness (QED) is 0.803. The summed E-state index contributed by atoms with van der Waals surface area (Å²) in [7, 11) is 1.55. The van der Waals surface area contributed by atoms with Crippen molar-refractivity contribution in [2.75, 3.05) is 39.9 Å². The molecule has 134 valence electrons. The van der Waals surface area contributed by atoms with Crippen LogP contribution in [0.2, 0.25) is 0 Å². The first kappa shape index (κ1) is 16.7. The molecule has 2 saturated heterocycles. The number of nitrogens with zero attached hydrogens (tertiary/aromatic N) is 4. The van der Waals surface area contributed by atoms with E-state index in [1.807, 2.05) is 11.8 Å². The molecule has 0 aliphatic carbocycles. The van der Waals surface area contributed by atoms with Crippen LogP contribution in [-0.4, -0.2) is 65.7 Å². The van der Waals surface area contributed by atoms with E-state index in [0.29, 0.717) is 18.3 Å².